The molecule has 3 aliphatic carbocycles. The Kier molecular flexibility index (Phi) is 59.0. The van der Waals surface area contributed by atoms with Gasteiger partial charge in [-0.3, -0.25) is 15.0 Å². The highest BCUT2D eigenvalue weighted by atomic mass is 79.9. The fourth-order valence-electron chi connectivity index (χ4n) is 15.6. The zero-order chi connectivity index (χ0) is 106. The average molecular weight is 2840 g/mol. The zero-order valence-electron chi connectivity index (χ0n) is 82.3. The Morgan fingerprint density at radius 2 is 0.591 bits per heavy atom. The van der Waals surface area contributed by atoms with Gasteiger partial charge in [-0.05, 0) is 340 Å². The van der Waals surface area contributed by atoms with Crippen LogP contribution in [0.5, 0.6) is 40.2 Å². The molecule has 0 saturated carbocycles. The van der Waals surface area contributed by atoms with E-state index in [1.807, 2.05) is 182 Å². The number of alkyl halides is 6. The molecule has 15 aromatic rings. The Labute approximate surface area is 987 Å². The van der Waals surface area contributed by atoms with E-state index in [1.165, 1.54) is 57.3 Å². The molecule has 3 aliphatic rings. The second kappa shape index (κ2) is 71.7. The molecule has 16 nitrogen and oxygen atoms in total. The first-order chi connectivity index (χ1) is 72.9. The van der Waals surface area contributed by atoms with Gasteiger partial charge in [-0.25, -0.2) is 19.9 Å². The predicted molar refractivity (Wildman–Crippen MR) is 660 cm³/mol. The molecule has 0 saturated heterocycles. The number of benzene rings is 8. The van der Waals surface area contributed by atoms with Crippen molar-refractivity contribution < 1.29 is 43.6 Å². The number of aromatic nitrogens is 7. The van der Waals surface area contributed by atoms with Gasteiger partial charge in [0, 0.05) is 121 Å². The van der Waals surface area contributed by atoms with Crippen molar-refractivity contribution in [2.24, 2.45) is 0 Å². The average Bonchev–Trinajstić information content (AvgIpc) is 1.56. The molecule has 8 aromatic carbocycles. The third-order valence-corrected chi connectivity index (χ3v) is 29.9. The summed E-state index contributed by atoms with van der Waals surface area (Å²) in [4.78, 5) is 29.9. The van der Waals surface area contributed by atoms with Gasteiger partial charge in [-0.15, -0.1) is 0 Å². The van der Waals surface area contributed by atoms with E-state index in [1.54, 1.807) is 67.4 Å². The second-order valence-corrected chi connectivity index (χ2v) is 44.1. The van der Waals surface area contributed by atoms with Crippen LogP contribution in [-0.2, 0) is 11.8 Å². The summed E-state index contributed by atoms with van der Waals surface area (Å²) in [5.74, 6) is 5.17. The SMILES string of the molecule is BrCCCCBr.BrCCCCOc1cccnc1-c1ccccc1.BrCCCCOc1cccnc1Br.BrCCCCOc1cccnc1Br.BrCCCCOc1cccnc1C1=CC=[C+]C=C1.Brc1ccc2c(c1)C(CCCCOc1cccnc1-c1ccccc1)(CCCCOc1cccnc1-c1ccccc1)c1cc(Br)ccc1-2.Brc1ccc2c(c1)Cc1cc(Br)ccc1-2.OB(O)c1ccccc1.Oc1cccnc1Br. The number of hydrogen-bond acceptors (Lipinski definition) is 16. The van der Waals surface area contributed by atoms with Crippen LogP contribution in [0.4, 0.5) is 0 Å². The second-order valence-electron chi connectivity index (χ2n) is 33.4. The summed E-state index contributed by atoms with van der Waals surface area (Å²) < 4.78 is 41.9. The maximum atomic E-state index is 8.81. The smallest absolute Gasteiger partial charge is 0.488 e. The van der Waals surface area contributed by atoms with Gasteiger partial charge in [-0.2, -0.15) is 0 Å². The van der Waals surface area contributed by atoms with Crippen LogP contribution in [-0.4, -0.2) is 129 Å². The molecule has 0 amide bonds. The lowest BCUT2D eigenvalue weighted by atomic mass is 9.71. The van der Waals surface area contributed by atoms with Crippen LogP contribution in [0, 0.1) is 6.08 Å². The lowest BCUT2D eigenvalue weighted by molar-refractivity contribution is 0.285. The van der Waals surface area contributed by atoms with Crippen molar-refractivity contribution in [1.82, 2.24) is 34.9 Å². The van der Waals surface area contributed by atoms with Crippen molar-refractivity contribution in [2.75, 3.05) is 71.6 Å². The molecule has 0 radical (unpaired) electrons. The van der Waals surface area contributed by atoms with Crippen LogP contribution in [0.15, 0.2) is 378 Å². The quantitative estimate of drug-likeness (QED) is 0.0107. The number of unbranched alkanes of at least 4 members (excludes halogenated alkanes) is 7. The number of hydrogen-bond donors (Lipinski definition) is 3. The highest BCUT2D eigenvalue weighted by Gasteiger charge is 2.43. The third kappa shape index (κ3) is 42.5. The van der Waals surface area contributed by atoms with Gasteiger partial charge >= 0.3 is 7.12 Å². The summed E-state index contributed by atoms with van der Waals surface area (Å²) in [6.45, 7) is 4.23. The molecular formula is C119H118BBr13N7O9+. The molecule has 0 aliphatic heterocycles. The van der Waals surface area contributed by atoms with Crippen molar-refractivity contribution in [1.29, 1.82) is 0 Å². The van der Waals surface area contributed by atoms with E-state index >= 15 is 0 Å². The molecule has 0 atom stereocenters. The Bertz CT molecular complexity index is 6250. The van der Waals surface area contributed by atoms with E-state index in [9.17, 15) is 0 Å². The summed E-state index contributed by atoms with van der Waals surface area (Å²) in [6.07, 6.45) is 41.5. The number of nitrogens with zero attached hydrogens (tertiary/aromatic N) is 7. The number of fused-ring (bicyclic) bond motifs is 6. The number of ether oxygens (including phenoxy) is 6. The van der Waals surface area contributed by atoms with E-state index in [4.69, 9.17) is 43.6 Å². The standard InChI is InChI=1S/C43H38Br2N2O2.C15H16BrNO.C15H15BrNO.C13H8Br2.2C9H11Br2NO.C6H7BO2.C5H4BrNO.C4H8Br2/c44-33-19-21-35-36-22-20-34(45)30-38(36)43(37(35)29-33,23-7-9-27-48-39-17-11-25-46-41(39)31-13-3-1-4-14-31)24-8-10-28-49-40-18-12-26-47-42(40)32-15-5-2-6-16-32;2*16-10-4-5-12-18-14-9-6-11-17-15(14)13-7-2-1-3-8-13;14-10-1-3-12-8(6-10)5-9-7-11(15)2-4-13(9)12;2*10-5-1-2-7-13-8-4-3-6-12-9(8)11;8-7(9)6-4-2-1-3-5-6;6-5-4(8)2-1-3-7-5;5-3-1-2-4-6/h1-6,11-22,25-26,29-30H,7-10,23-24,27-28H2;1-3,6-9,11H,4-5,10,12H2;2-3,6-9,11H,4-5,10,12H2;1-4,6-7H,5H2;2*3-4,6H,1-2,5,7H2;1-5,8-9H;1-3,8H;1-4H2/q;;+1;;;;;;. The minimum absolute atomic E-state index is 0.106. The predicted octanol–water partition coefficient (Wildman–Crippen LogP) is 35.4. The molecular weight excluding hydrogens is 2720 g/mol. The van der Waals surface area contributed by atoms with E-state index in [0.29, 0.717) is 23.3 Å². The van der Waals surface area contributed by atoms with E-state index in [2.05, 4.69) is 345 Å². The molecule has 18 rings (SSSR count). The van der Waals surface area contributed by atoms with E-state index in [-0.39, 0.29) is 11.2 Å². The highest BCUT2D eigenvalue weighted by molar-refractivity contribution is 9.12. The minimum atomic E-state index is -1.34. The Morgan fingerprint density at radius 1 is 0.295 bits per heavy atom. The number of pyridine rings is 7. The van der Waals surface area contributed by atoms with Gasteiger partial charge in [0.05, 0.1) is 51.8 Å². The maximum Gasteiger partial charge on any atom is 0.488 e. The Hall–Kier alpha value is -8.24. The van der Waals surface area contributed by atoms with E-state index in [0.717, 1.165) is 261 Å². The molecule has 0 spiro atoms. The Balaban J connectivity index is 0.000000189. The minimum Gasteiger partial charge on any atom is -0.505 e. The number of halogens is 13. The van der Waals surface area contributed by atoms with Crippen molar-refractivity contribution in [3.63, 3.8) is 0 Å². The summed E-state index contributed by atoms with van der Waals surface area (Å²) in [5, 5.41) is 32.3. The molecule has 0 unspecified atom stereocenters. The normalized spacial score (nSPS) is 11.4. The lowest BCUT2D eigenvalue weighted by Gasteiger charge is -2.33. The van der Waals surface area contributed by atoms with Gasteiger partial charge in [0.25, 0.3) is 0 Å². The molecule has 30 heteroatoms. The summed E-state index contributed by atoms with van der Waals surface area (Å²) in [7, 11) is -1.34. The van der Waals surface area contributed by atoms with Crippen molar-refractivity contribution in [2.45, 2.75) is 115 Å². The molecule has 7 aromatic heterocycles. The van der Waals surface area contributed by atoms with Crippen LogP contribution in [0.3, 0.4) is 0 Å². The largest absolute Gasteiger partial charge is 0.505 e. The molecule has 776 valence electrons. The number of aromatic hydroxyl groups is 1. The van der Waals surface area contributed by atoms with Crippen LogP contribution in [0.25, 0.3) is 61.6 Å². The third-order valence-electron chi connectivity index (χ3n) is 22.8. The zero-order valence-corrected chi connectivity index (χ0v) is 103. The highest BCUT2D eigenvalue weighted by Crippen LogP contribution is 2.56. The first kappa shape index (κ1) is 123. The van der Waals surface area contributed by atoms with Crippen molar-refractivity contribution >= 4 is 225 Å². The summed E-state index contributed by atoms with van der Waals surface area (Å²) in [6, 6.07) is 92.3. The monoisotopic (exact) mass is 2830 g/mol. The van der Waals surface area contributed by atoms with Crippen LogP contribution < -0.4 is 33.9 Å². The molecule has 149 heavy (non-hydrogen) atoms. The van der Waals surface area contributed by atoms with Crippen LogP contribution in [0.1, 0.15) is 131 Å². The number of rotatable bonds is 40. The Morgan fingerprint density at radius 3 is 0.906 bits per heavy atom. The fourth-order valence-corrected chi connectivity index (χ4v) is 20.5. The first-order valence-corrected chi connectivity index (χ1v) is 61.3. The van der Waals surface area contributed by atoms with Gasteiger partial charge < -0.3 is 43.6 Å². The summed E-state index contributed by atoms with van der Waals surface area (Å²) in [5.41, 5.74) is 19.4. The van der Waals surface area contributed by atoms with Crippen molar-refractivity contribution in [3.05, 3.63) is 412 Å². The van der Waals surface area contributed by atoms with E-state index < -0.39 is 7.12 Å². The lowest BCUT2D eigenvalue weighted by Crippen LogP contribution is -2.29. The van der Waals surface area contributed by atoms with Crippen molar-refractivity contribution in [3.8, 4) is 96.3 Å². The molecule has 7 heterocycles. The summed E-state index contributed by atoms with van der Waals surface area (Å²) >= 11 is 44.6. The van der Waals surface area contributed by atoms with Gasteiger partial charge in [0.1, 0.15) is 83.1 Å². The maximum absolute atomic E-state index is 8.81. The van der Waals surface area contributed by atoms with Gasteiger partial charge in [0.15, 0.2) is 11.5 Å². The van der Waals surface area contributed by atoms with Crippen LogP contribution >= 0.6 is 207 Å². The fraction of sp³-hybridized carbons (Fsp3) is 0.252. The number of allylic oxidation sites excluding steroid dienone is 6. The topological polar surface area (TPSA) is 206 Å². The van der Waals surface area contributed by atoms with Gasteiger partial charge in [0.2, 0.25) is 0 Å². The first-order valence-electron chi connectivity index (χ1n) is 49.1. The molecule has 3 N–H and O–H groups in total. The molecule has 0 fully saturated rings. The molecule has 0 bridgehead atoms. The van der Waals surface area contributed by atoms with Gasteiger partial charge in [-0.1, -0.05) is 305 Å². The van der Waals surface area contributed by atoms with Crippen LogP contribution in [0.2, 0.25) is 0 Å².